The van der Waals surface area contributed by atoms with E-state index < -0.39 is 0 Å². The van der Waals surface area contributed by atoms with Crippen LogP contribution in [0.2, 0.25) is 0 Å². The van der Waals surface area contributed by atoms with Gasteiger partial charge in [-0.1, -0.05) is 38.1 Å². The number of benzene rings is 1. The fourth-order valence-electron chi connectivity index (χ4n) is 1.49. The van der Waals surface area contributed by atoms with Crippen molar-refractivity contribution >= 4 is 5.91 Å². The number of carbonyl (C=O) groups excluding carboxylic acids is 1. The van der Waals surface area contributed by atoms with Crippen molar-refractivity contribution in [2.45, 2.75) is 26.7 Å². The van der Waals surface area contributed by atoms with Crippen molar-refractivity contribution in [2.75, 3.05) is 0 Å². The molecule has 0 aliphatic carbocycles. The van der Waals surface area contributed by atoms with E-state index in [-0.39, 0.29) is 12.3 Å². The lowest BCUT2D eigenvalue weighted by molar-refractivity contribution is -0.128. The van der Waals surface area contributed by atoms with Gasteiger partial charge in [0.15, 0.2) is 0 Å². The van der Waals surface area contributed by atoms with Crippen molar-refractivity contribution in [3.05, 3.63) is 35.4 Å². The van der Waals surface area contributed by atoms with E-state index in [0.29, 0.717) is 5.92 Å². The van der Waals surface area contributed by atoms with Gasteiger partial charge in [-0.25, -0.2) is 5.48 Å². The Morgan fingerprint density at radius 1 is 1.27 bits per heavy atom. The van der Waals surface area contributed by atoms with Crippen molar-refractivity contribution < 1.29 is 10.0 Å². The second-order valence-electron chi connectivity index (χ2n) is 4.13. The van der Waals surface area contributed by atoms with Gasteiger partial charge in [0.2, 0.25) is 5.91 Å². The zero-order valence-corrected chi connectivity index (χ0v) is 9.16. The molecule has 0 heterocycles. The minimum Gasteiger partial charge on any atom is -0.289 e. The average molecular weight is 207 g/mol. The quantitative estimate of drug-likeness (QED) is 0.585. The molecule has 0 aromatic heterocycles. The number of carbonyl (C=O) groups is 1. The molecule has 1 amide bonds. The SMILES string of the molecule is CC(C)Cc1ccc(CC(=O)NO)cc1. The van der Waals surface area contributed by atoms with E-state index >= 15 is 0 Å². The molecular formula is C12H17NO2. The number of amides is 1. The van der Waals surface area contributed by atoms with Gasteiger partial charge in [0.1, 0.15) is 0 Å². The van der Waals surface area contributed by atoms with Crippen LogP contribution < -0.4 is 5.48 Å². The molecule has 82 valence electrons. The molecule has 3 nitrogen and oxygen atoms in total. The number of rotatable bonds is 4. The van der Waals surface area contributed by atoms with Crippen LogP contribution in [0.1, 0.15) is 25.0 Å². The summed E-state index contributed by atoms with van der Waals surface area (Å²) in [6.07, 6.45) is 1.27. The molecule has 0 aliphatic heterocycles. The zero-order valence-electron chi connectivity index (χ0n) is 9.16. The molecule has 0 fully saturated rings. The van der Waals surface area contributed by atoms with Gasteiger partial charge < -0.3 is 0 Å². The second kappa shape index (κ2) is 5.51. The summed E-state index contributed by atoms with van der Waals surface area (Å²) in [5.41, 5.74) is 3.81. The lowest BCUT2D eigenvalue weighted by Crippen LogP contribution is -2.20. The van der Waals surface area contributed by atoms with Crippen molar-refractivity contribution in [3.63, 3.8) is 0 Å². The Bertz CT molecular complexity index is 317. The predicted octanol–water partition coefficient (Wildman–Crippen LogP) is 1.93. The van der Waals surface area contributed by atoms with Crippen LogP contribution in [-0.2, 0) is 17.6 Å². The normalized spacial score (nSPS) is 10.4. The van der Waals surface area contributed by atoms with Crippen molar-refractivity contribution in [1.82, 2.24) is 5.48 Å². The molecule has 0 aliphatic rings. The van der Waals surface area contributed by atoms with Crippen LogP contribution in [0.3, 0.4) is 0 Å². The molecule has 0 atom stereocenters. The van der Waals surface area contributed by atoms with E-state index in [1.807, 2.05) is 24.3 Å². The van der Waals surface area contributed by atoms with Crippen LogP contribution in [0, 0.1) is 5.92 Å². The Morgan fingerprint density at radius 2 is 1.80 bits per heavy atom. The maximum Gasteiger partial charge on any atom is 0.247 e. The molecule has 0 unspecified atom stereocenters. The Morgan fingerprint density at radius 3 is 2.27 bits per heavy atom. The summed E-state index contributed by atoms with van der Waals surface area (Å²) in [6, 6.07) is 7.90. The molecule has 1 aromatic carbocycles. The van der Waals surface area contributed by atoms with Crippen molar-refractivity contribution in [1.29, 1.82) is 0 Å². The van der Waals surface area contributed by atoms with Gasteiger partial charge in [-0.15, -0.1) is 0 Å². The predicted molar refractivity (Wildman–Crippen MR) is 58.6 cm³/mol. The number of hydroxylamine groups is 1. The van der Waals surface area contributed by atoms with Crippen LogP contribution in [0.5, 0.6) is 0 Å². The third-order valence-corrected chi connectivity index (χ3v) is 2.16. The first-order valence-electron chi connectivity index (χ1n) is 5.12. The van der Waals surface area contributed by atoms with Gasteiger partial charge in [-0.2, -0.15) is 0 Å². The summed E-state index contributed by atoms with van der Waals surface area (Å²) in [5, 5.41) is 8.37. The van der Waals surface area contributed by atoms with Gasteiger partial charge >= 0.3 is 0 Å². The number of hydrogen-bond acceptors (Lipinski definition) is 2. The van der Waals surface area contributed by atoms with E-state index in [2.05, 4.69) is 13.8 Å². The Hall–Kier alpha value is -1.35. The van der Waals surface area contributed by atoms with Gasteiger partial charge in [-0.05, 0) is 23.5 Å². The monoisotopic (exact) mass is 207 g/mol. The highest BCUT2D eigenvalue weighted by atomic mass is 16.5. The van der Waals surface area contributed by atoms with E-state index in [1.165, 1.54) is 5.56 Å². The summed E-state index contributed by atoms with van der Waals surface area (Å²) in [7, 11) is 0. The number of nitrogens with one attached hydrogen (secondary N) is 1. The molecule has 0 bridgehead atoms. The Balaban J connectivity index is 2.60. The van der Waals surface area contributed by atoms with Gasteiger partial charge in [0.05, 0.1) is 6.42 Å². The summed E-state index contributed by atoms with van der Waals surface area (Å²) < 4.78 is 0. The van der Waals surface area contributed by atoms with Gasteiger partial charge in [0.25, 0.3) is 0 Å². The van der Waals surface area contributed by atoms with Crippen molar-refractivity contribution in [2.24, 2.45) is 5.92 Å². The molecule has 1 rings (SSSR count). The average Bonchev–Trinajstić information content (AvgIpc) is 2.20. The van der Waals surface area contributed by atoms with Crippen LogP contribution in [-0.4, -0.2) is 11.1 Å². The van der Waals surface area contributed by atoms with E-state index in [9.17, 15) is 4.79 Å². The number of hydrogen-bond donors (Lipinski definition) is 2. The van der Waals surface area contributed by atoms with E-state index in [4.69, 9.17) is 5.21 Å². The maximum atomic E-state index is 10.9. The first kappa shape index (κ1) is 11.7. The lowest BCUT2D eigenvalue weighted by atomic mass is 10.0. The summed E-state index contributed by atoms with van der Waals surface area (Å²) in [4.78, 5) is 10.9. The molecule has 1 aromatic rings. The zero-order chi connectivity index (χ0) is 11.3. The van der Waals surface area contributed by atoms with Crippen LogP contribution in [0.15, 0.2) is 24.3 Å². The minimum absolute atomic E-state index is 0.221. The highest BCUT2D eigenvalue weighted by Crippen LogP contribution is 2.10. The lowest BCUT2D eigenvalue weighted by Gasteiger charge is -2.05. The second-order valence-corrected chi connectivity index (χ2v) is 4.13. The third-order valence-electron chi connectivity index (χ3n) is 2.16. The standard InChI is InChI=1S/C12H17NO2/c1-9(2)7-10-3-5-11(6-4-10)8-12(14)13-15/h3-6,9,15H,7-8H2,1-2H3,(H,13,14). The third kappa shape index (κ3) is 4.13. The first-order chi connectivity index (χ1) is 7.11. The van der Waals surface area contributed by atoms with Gasteiger partial charge in [-0.3, -0.25) is 10.0 Å². The maximum absolute atomic E-state index is 10.9. The summed E-state index contributed by atoms with van der Waals surface area (Å²) >= 11 is 0. The largest absolute Gasteiger partial charge is 0.289 e. The van der Waals surface area contributed by atoms with Crippen LogP contribution in [0.25, 0.3) is 0 Å². The summed E-state index contributed by atoms with van der Waals surface area (Å²) in [5.74, 6) is 0.253. The van der Waals surface area contributed by atoms with Gasteiger partial charge in [0, 0.05) is 0 Å². The fraction of sp³-hybridized carbons (Fsp3) is 0.417. The summed E-state index contributed by atoms with van der Waals surface area (Å²) in [6.45, 7) is 4.35. The molecular weight excluding hydrogens is 190 g/mol. The van der Waals surface area contributed by atoms with Crippen LogP contribution >= 0.6 is 0 Å². The Labute approximate surface area is 90.1 Å². The highest BCUT2D eigenvalue weighted by Gasteiger charge is 2.02. The minimum atomic E-state index is -0.383. The van der Waals surface area contributed by atoms with Crippen LogP contribution in [0.4, 0.5) is 0 Å². The highest BCUT2D eigenvalue weighted by molar-refractivity contribution is 5.77. The molecule has 0 saturated heterocycles. The molecule has 2 N–H and O–H groups in total. The molecule has 15 heavy (non-hydrogen) atoms. The molecule has 3 heteroatoms. The fourth-order valence-corrected chi connectivity index (χ4v) is 1.49. The van der Waals surface area contributed by atoms with E-state index in [0.717, 1.165) is 12.0 Å². The topological polar surface area (TPSA) is 49.3 Å². The Kier molecular flexibility index (Phi) is 4.31. The molecule has 0 radical (unpaired) electrons. The smallest absolute Gasteiger partial charge is 0.247 e. The molecule has 0 saturated carbocycles. The van der Waals surface area contributed by atoms with Crippen molar-refractivity contribution in [3.8, 4) is 0 Å². The first-order valence-corrected chi connectivity index (χ1v) is 5.12. The van der Waals surface area contributed by atoms with E-state index in [1.54, 1.807) is 5.48 Å². The molecule has 0 spiro atoms.